The molecular formula is C70H52N4OPtSi-2. The number of ether oxygens (including phenoxy) is 1. The summed E-state index contributed by atoms with van der Waals surface area (Å²) in [6, 6.07) is 12.1. The predicted octanol–water partition coefficient (Wildman–Crippen LogP) is 13.6. The van der Waals surface area contributed by atoms with Gasteiger partial charge in [0.1, 0.15) is 5.82 Å². The Morgan fingerprint density at radius 2 is 1.10 bits per heavy atom. The second-order valence-corrected chi connectivity index (χ2v) is 22.1. The van der Waals surface area contributed by atoms with Crippen molar-refractivity contribution in [2.75, 3.05) is 0 Å². The van der Waals surface area contributed by atoms with Crippen molar-refractivity contribution >= 4 is 61.7 Å². The summed E-state index contributed by atoms with van der Waals surface area (Å²) in [6.07, 6.45) is 5.01. The Balaban J connectivity index is 0.00000982. The van der Waals surface area contributed by atoms with Gasteiger partial charge < -0.3 is 13.9 Å². The van der Waals surface area contributed by atoms with Crippen molar-refractivity contribution < 1.29 is 64.6 Å². The maximum absolute atomic E-state index is 9.79. The maximum Gasteiger partial charge on any atom is 0.268 e. The van der Waals surface area contributed by atoms with E-state index in [1.54, 1.807) is 24.4 Å². The first-order valence-corrected chi connectivity index (χ1v) is 25.8. The van der Waals surface area contributed by atoms with Gasteiger partial charge in [0.15, 0.2) is 8.07 Å². The van der Waals surface area contributed by atoms with Crippen molar-refractivity contribution in [3.8, 4) is 50.9 Å². The maximum atomic E-state index is 9.79. The van der Waals surface area contributed by atoms with Crippen molar-refractivity contribution in [3.05, 3.63) is 284 Å². The fourth-order valence-electron chi connectivity index (χ4n) is 9.69. The third kappa shape index (κ3) is 8.84. The Hall–Kier alpha value is -8.67. The van der Waals surface area contributed by atoms with Gasteiger partial charge in [0.2, 0.25) is 0 Å². The molecule has 0 atom stereocenters. The molecule has 0 aliphatic rings. The van der Waals surface area contributed by atoms with Gasteiger partial charge in [0, 0.05) is 44.3 Å². The van der Waals surface area contributed by atoms with Crippen LogP contribution in [0.4, 0.5) is 0 Å². The number of fused-ring (bicyclic) bond motifs is 4. The number of hydrogen-bond donors (Lipinski definition) is 0. The smallest absolute Gasteiger partial charge is 0.268 e. The van der Waals surface area contributed by atoms with Crippen LogP contribution in [0.1, 0.15) is 60.6 Å². The molecule has 0 radical (unpaired) electrons. The molecule has 0 bridgehead atoms. The predicted molar refractivity (Wildman–Crippen MR) is 313 cm³/mol. The van der Waals surface area contributed by atoms with Gasteiger partial charge in [0.05, 0.1) is 51.0 Å². The summed E-state index contributed by atoms with van der Waals surface area (Å²) >= 11 is 0. The Morgan fingerprint density at radius 1 is 0.532 bits per heavy atom. The average molecular weight is 1210 g/mol. The van der Waals surface area contributed by atoms with Crippen LogP contribution in [0.2, 0.25) is 0 Å². The van der Waals surface area contributed by atoms with Crippen LogP contribution in [0.3, 0.4) is 0 Å². The fraction of sp³-hybridized carbons (Fsp3) is 0.0571. The van der Waals surface area contributed by atoms with Crippen LogP contribution in [0.5, 0.6) is 11.5 Å². The van der Waals surface area contributed by atoms with Crippen molar-refractivity contribution in [2.45, 2.75) is 26.2 Å². The van der Waals surface area contributed by atoms with Crippen LogP contribution >= 0.6 is 0 Å². The van der Waals surface area contributed by atoms with Gasteiger partial charge in [-0.15, -0.1) is 29.7 Å². The zero-order valence-electron chi connectivity index (χ0n) is 65.9. The van der Waals surface area contributed by atoms with E-state index in [2.05, 4.69) is 39.2 Å². The second kappa shape index (κ2) is 20.5. The van der Waals surface area contributed by atoms with E-state index < -0.39 is 186 Å². The summed E-state index contributed by atoms with van der Waals surface area (Å²) in [5.74, 6) is 0.808. The summed E-state index contributed by atoms with van der Waals surface area (Å²) in [5.41, 5.74) is 0.510. The molecule has 77 heavy (non-hydrogen) atoms. The van der Waals surface area contributed by atoms with Crippen LogP contribution in [-0.4, -0.2) is 22.2 Å². The minimum atomic E-state index is -5.86. The van der Waals surface area contributed by atoms with Crippen molar-refractivity contribution in [2.24, 2.45) is 0 Å². The monoisotopic (exact) mass is 1210 g/mol. The first-order valence-electron chi connectivity index (χ1n) is 36.3. The summed E-state index contributed by atoms with van der Waals surface area (Å²) in [4.78, 5) is 4.80. The summed E-state index contributed by atoms with van der Waals surface area (Å²) < 4.78 is 241. The molecule has 0 N–H and O–H groups in total. The van der Waals surface area contributed by atoms with Gasteiger partial charge in [-0.3, -0.25) is 4.57 Å². The standard InChI is InChI=1S/C70H52N4OSi.Pt/c1-70(2,3)52-43-44-71-68(45-52)74-64-38-20-19-35-62(64)63-41-39-55(47-66(63)74)75-54-28-21-27-53(46-54)72-49-73(69-60(50-23-9-4-10-24-50)36-22-37-61(69)51-25-11-5-12-26-51)65-42-40-59(48-67(65)72)76(56-29-13-6-14-30-56,57-31-15-7-16-32-57)58-33-17-8-18-34-58;/h4-45,48H,1-3H3;/q-2;/i4D,5D,6D,7D,8D,9D,10D,11D,12D,13D,14D,15D,16D,17D,18D,23D,24D,25D,26D,29D,30D,31D,32D,33D,34D;. The van der Waals surface area contributed by atoms with Crippen molar-refractivity contribution in [3.63, 3.8) is 0 Å². The van der Waals surface area contributed by atoms with Gasteiger partial charge in [-0.05, 0) is 83.3 Å². The van der Waals surface area contributed by atoms with Crippen LogP contribution < -0.4 is 30.1 Å². The molecule has 0 saturated carbocycles. The van der Waals surface area contributed by atoms with E-state index in [1.165, 1.54) is 51.6 Å². The van der Waals surface area contributed by atoms with E-state index in [9.17, 15) is 21.9 Å². The first kappa shape index (κ1) is 28.5. The number of rotatable bonds is 11. The van der Waals surface area contributed by atoms with E-state index in [-0.39, 0.29) is 76.7 Å². The Bertz CT molecular complexity index is 5400. The Labute approximate surface area is 500 Å². The number of para-hydroxylation sites is 2. The quantitative estimate of drug-likeness (QED) is 0.0560. The number of aromatic nitrogens is 4. The molecule has 0 saturated heterocycles. The van der Waals surface area contributed by atoms with Gasteiger partial charge in [-0.25, -0.2) is 4.98 Å². The van der Waals surface area contributed by atoms with E-state index in [1.807, 2.05) is 47.0 Å². The van der Waals surface area contributed by atoms with E-state index in [0.717, 1.165) is 21.9 Å². The Morgan fingerprint density at radius 3 is 1.71 bits per heavy atom. The van der Waals surface area contributed by atoms with Gasteiger partial charge >= 0.3 is 0 Å². The number of nitrogens with zero attached hydrogens (tertiary/aromatic N) is 4. The molecule has 5 nitrogen and oxygen atoms in total. The average Bonchev–Trinajstić information content (AvgIpc) is 0.894. The Kier molecular flexibility index (Phi) is 7.56. The third-order valence-corrected chi connectivity index (χ3v) is 17.3. The first-order chi connectivity index (χ1) is 47.7. The van der Waals surface area contributed by atoms with Crippen LogP contribution in [-0.2, 0) is 26.5 Å². The van der Waals surface area contributed by atoms with Crippen molar-refractivity contribution in [1.82, 2.24) is 14.1 Å². The third-order valence-electron chi connectivity index (χ3n) is 13.1. The molecule has 10 aromatic carbocycles. The second-order valence-electron chi connectivity index (χ2n) is 18.5. The largest absolute Gasteiger partial charge is 0.510 e. The zero-order valence-corrected chi connectivity index (χ0v) is 44.2. The zero-order chi connectivity index (χ0) is 73.0. The van der Waals surface area contributed by atoms with Crippen LogP contribution in [0.15, 0.2) is 260 Å². The van der Waals surface area contributed by atoms with E-state index >= 15 is 0 Å². The van der Waals surface area contributed by atoms with Crippen molar-refractivity contribution in [1.29, 1.82) is 0 Å². The molecule has 0 unspecified atom stereocenters. The summed E-state index contributed by atoms with van der Waals surface area (Å²) in [7, 11) is -5.86. The molecule has 0 spiro atoms. The number of benzene rings is 10. The molecule has 13 aromatic rings. The number of pyridine rings is 1. The molecule has 0 fully saturated rings. The van der Waals surface area contributed by atoms with Gasteiger partial charge in [-0.1, -0.05) is 232 Å². The number of imidazole rings is 1. The molecular weight excluding hydrogens is 1140 g/mol. The van der Waals surface area contributed by atoms with E-state index in [0.29, 0.717) is 11.3 Å². The van der Waals surface area contributed by atoms with Gasteiger partial charge in [0.25, 0.3) is 6.33 Å². The van der Waals surface area contributed by atoms with E-state index in [4.69, 9.17) is 22.1 Å². The topological polar surface area (TPSA) is 35.9 Å². The minimum absolute atomic E-state index is 0. The molecule has 374 valence electrons. The molecule has 3 aromatic heterocycles. The molecule has 0 aliphatic heterocycles. The summed E-state index contributed by atoms with van der Waals surface area (Å²) in [5, 5.41) is -1.02. The van der Waals surface area contributed by atoms with Crippen LogP contribution in [0.25, 0.3) is 72.3 Å². The minimum Gasteiger partial charge on any atom is -0.510 e. The normalized spacial score (nSPS) is 16.3. The molecule has 0 aliphatic carbocycles. The molecule has 0 amide bonds. The van der Waals surface area contributed by atoms with Crippen LogP contribution in [0, 0.1) is 18.5 Å². The fourth-order valence-corrected chi connectivity index (χ4v) is 13.5. The molecule has 3 heterocycles. The molecule has 13 rings (SSSR count). The summed E-state index contributed by atoms with van der Waals surface area (Å²) in [6.45, 7) is 6.27. The SMILES string of the molecule is [2H]c1c([2H])c([2H])c(-c2cccc(-c3c([2H])c([2H])c([2H])c([2H])c3[2H])c2-[n+]2[c-]n(-c3[c-]c(Oc4[c-]c5c(cc4)c4ccccc4n5-c4cc(C(C)(C)C)ccn4)ccc3)c3cc([Si](c4c([2H])c([2H])c([2H])c([2H])c4[2H])(c4c([2H])c([2H])c([2H])c([2H])c4[2H])c4c([2H])c([2H])c([2H])c([2H])c4[2H])ccc32)c([2H])c1[2H].[Pt]. The number of hydrogen-bond acceptors (Lipinski definition) is 2. The molecule has 7 heteroatoms. The van der Waals surface area contributed by atoms with Gasteiger partial charge in [-0.2, -0.15) is 18.2 Å².